The van der Waals surface area contributed by atoms with E-state index in [2.05, 4.69) is 10.2 Å². The predicted octanol–water partition coefficient (Wildman–Crippen LogP) is 1.20. The molecule has 5 nitrogen and oxygen atoms in total. The second-order valence-electron chi connectivity index (χ2n) is 3.08. The third-order valence-corrected chi connectivity index (χ3v) is 3.28. The van der Waals surface area contributed by atoms with Crippen LogP contribution in [-0.2, 0) is 7.05 Å². The van der Waals surface area contributed by atoms with Crippen molar-refractivity contribution in [2.24, 2.45) is 12.8 Å². The first-order valence-corrected chi connectivity index (χ1v) is 5.43. The summed E-state index contributed by atoms with van der Waals surface area (Å²) in [6.07, 6.45) is 3.31. The molecule has 1 atom stereocenters. The van der Waals surface area contributed by atoms with E-state index in [9.17, 15) is 0 Å². The SMILES string of the molecule is Cn1cnnc1SC(CN)c1ccco1. The maximum atomic E-state index is 5.69. The smallest absolute Gasteiger partial charge is 0.191 e. The Kier molecular flexibility index (Phi) is 3.08. The van der Waals surface area contributed by atoms with E-state index in [4.69, 9.17) is 10.2 Å². The standard InChI is InChI=1S/C9H12N4OS/c1-13-6-11-12-9(13)15-8(5-10)7-3-2-4-14-7/h2-4,6,8H,5,10H2,1H3. The Labute approximate surface area is 91.7 Å². The quantitative estimate of drug-likeness (QED) is 0.790. The highest BCUT2D eigenvalue weighted by Gasteiger charge is 2.16. The number of hydrogen-bond acceptors (Lipinski definition) is 5. The van der Waals surface area contributed by atoms with Crippen molar-refractivity contribution >= 4 is 11.8 Å². The summed E-state index contributed by atoms with van der Waals surface area (Å²) < 4.78 is 7.17. The molecule has 0 radical (unpaired) electrons. The van der Waals surface area contributed by atoms with Crippen molar-refractivity contribution in [1.82, 2.24) is 14.8 Å². The van der Waals surface area contributed by atoms with Crippen molar-refractivity contribution in [3.8, 4) is 0 Å². The van der Waals surface area contributed by atoms with Crippen LogP contribution in [0.3, 0.4) is 0 Å². The molecule has 2 aromatic rings. The van der Waals surface area contributed by atoms with E-state index in [1.807, 2.05) is 23.7 Å². The molecule has 2 aromatic heterocycles. The van der Waals surface area contributed by atoms with Gasteiger partial charge in [0.1, 0.15) is 12.1 Å². The van der Waals surface area contributed by atoms with Crippen LogP contribution in [0.1, 0.15) is 11.0 Å². The Bertz CT molecular complexity index is 411. The van der Waals surface area contributed by atoms with Gasteiger partial charge < -0.3 is 14.7 Å². The van der Waals surface area contributed by atoms with Crippen molar-refractivity contribution in [3.05, 3.63) is 30.5 Å². The molecule has 0 amide bonds. The number of furan rings is 1. The Morgan fingerprint density at radius 2 is 2.53 bits per heavy atom. The minimum Gasteiger partial charge on any atom is -0.468 e. The molecule has 0 aliphatic carbocycles. The molecule has 0 aliphatic heterocycles. The number of rotatable bonds is 4. The van der Waals surface area contributed by atoms with E-state index >= 15 is 0 Å². The summed E-state index contributed by atoms with van der Waals surface area (Å²) >= 11 is 1.55. The minimum absolute atomic E-state index is 0.0860. The van der Waals surface area contributed by atoms with Crippen LogP contribution in [0.4, 0.5) is 0 Å². The van der Waals surface area contributed by atoms with Gasteiger partial charge in [0.05, 0.1) is 11.5 Å². The zero-order chi connectivity index (χ0) is 10.7. The van der Waals surface area contributed by atoms with E-state index in [1.165, 1.54) is 0 Å². The predicted molar refractivity (Wildman–Crippen MR) is 57.4 cm³/mol. The van der Waals surface area contributed by atoms with Gasteiger partial charge in [0.15, 0.2) is 5.16 Å². The number of nitrogens with zero attached hydrogens (tertiary/aromatic N) is 3. The lowest BCUT2D eigenvalue weighted by atomic mass is 10.3. The van der Waals surface area contributed by atoms with E-state index in [0.717, 1.165) is 10.9 Å². The van der Waals surface area contributed by atoms with Crippen LogP contribution in [0, 0.1) is 0 Å². The fourth-order valence-corrected chi connectivity index (χ4v) is 2.11. The molecule has 0 saturated carbocycles. The second kappa shape index (κ2) is 4.50. The first kappa shape index (κ1) is 10.3. The fourth-order valence-electron chi connectivity index (χ4n) is 1.20. The fraction of sp³-hybridized carbons (Fsp3) is 0.333. The van der Waals surface area contributed by atoms with Gasteiger partial charge in [0.2, 0.25) is 0 Å². The minimum atomic E-state index is 0.0860. The molecule has 80 valence electrons. The maximum absolute atomic E-state index is 5.69. The van der Waals surface area contributed by atoms with Crippen LogP contribution in [0.15, 0.2) is 34.3 Å². The molecule has 1 unspecified atom stereocenters. The van der Waals surface area contributed by atoms with Gasteiger partial charge in [-0.3, -0.25) is 0 Å². The molecule has 0 spiro atoms. The van der Waals surface area contributed by atoms with E-state index in [0.29, 0.717) is 6.54 Å². The van der Waals surface area contributed by atoms with Crippen molar-refractivity contribution in [3.63, 3.8) is 0 Å². The maximum Gasteiger partial charge on any atom is 0.191 e. The van der Waals surface area contributed by atoms with E-state index < -0.39 is 0 Å². The van der Waals surface area contributed by atoms with Crippen LogP contribution >= 0.6 is 11.8 Å². The highest BCUT2D eigenvalue weighted by Crippen LogP contribution is 2.32. The molecular weight excluding hydrogens is 212 g/mol. The van der Waals surface area contributed by atoms with Gasteiger partial charge in [-0.2, -0.15) is 0 Å². The van der Waals surface area contributed by atoms with Crippen molar-refractivity contribution in [2.45, 2.75) is 10.4 Å². The zero-order valence-electron chi connectivity index (χ0n) is 8.33. The molecule has 0 bridgehead atoms. The lowest BCUT2D eigenvalue weighted by Gasteiger charge is -2.10. The number of hydrogen-bond donors (Lipinski definition) is 1. The largest absolute Gasteiger partial charge is 0.468 e. The third-order valence-electron chi connectivity index (χ3n) is 1.99. The highest BCUT2D eigenvalue weighted by molar-refractivity contribution is 7.99. The van der Waals surface area contributed by atoms with Crippen LogP contribution in [0.2, 0.25) is 0 Å². The molecule has 2 rings (SSSR count). The van der Waals surface area contributed by atoms with Crippen LogP contribution in [-0.4, -0.2) is 21.3 Å². The van der Waals surface area contributed by atoms with Crippen LogP contribution in [0.25, 0.3) is 0 Å². The molecule has 0 aliphatic rings. The summed E-state index contributed by atoms with van der Waals surface area (Å²) in [4.78, 5) is 0. The van der Waals surface area contributed by atoms with Gasteiger partial charge in [-0.25, -0.2) is 0 Å². The average Bonchev–Trinajstić information content (AvgIpc) is 2.86. The molecule has 2 heterocycles. The summed E-state index contributed by atoms with van der Waals surface area (Å²) in [5.41, 5.74) is 5.69. The Hall–Kier alpha value is -1.27. The first-order chi connectivity index (χ1) is 7.31. The lowest BCUT2D eigenvalue weighted by molar-refractivity contribution is 0.506. The number of thioether (sulfide) groups is 1. The molecular formula is C9H12N4OS. The van der Waals surface area contributed by atoms with Crippen molar-refractivity contribution in [1.29, 1.82) is 0 Å². The molecule has 6 heteroatoms. The van der Waals surface area contributed by atoms with Crippen LogP contribution < -0.4 is 5.73 Å². The lowest BCUT2D eigenvalue weighted by Crippen LogP contribution is -2.09. The van der Waals surface area contributed by atoms with Crippen molar-refractivity contribution in [2.75, 3.05) is 6.54 Å². The van der Waals surface area contributed by atoms with Crippen LogP contribution in [0.5, 0.6) is 0 Å². The summed E-state index contributed by atoms with van der Waals surface area (Å²) in [7, 11) is 1.90. The topological polar surface area (TPSA) is 69.9 Å². The zero-order valence-corrected chi connectivity index (χ0v) is 9.15. The van der Waals surface area contributed by atoms with Gasteiger partial charge >= 0.3 is 0 Å². The second-order valence-corrected chi connectivity index (χ2v) is 4.25. The number of aromatic nitrogens is 3. The number of nitrogens with two attached hydrogens (primary N) is 1. The normalized spacial score (nSPS) is 12.9. The van der Waals surface area contributed by atoms with Gasteiger partial charge in [-0.1, -0.05) is 11.8 Å². The summed E-state index contributed by atoms with van der Waals surface area (Å²) in [5, 5.41) is 8.72. The first-order valence-electron chi connectivity index (χ1n) is 4.55. The van der Waals surface area contributed by atoms with E-state index in [1.54, 1.807) is 24.4 Å². The summed E-state index contributed by atoms with van der Waals surface area (Å²) in [5.74, 6) is 0.866. The van der Waals surface area contributed by atoms with Gasteiger partial charge in [-0.05, 0) is 12.1 Å². The van der Waals surface area contributed by atoms with Gasteiger partial charge in [0, 0.05) is 13.6 Å². The molecule has 0 saturated heterocycles. The Balaban J connectivity index is 2.13. The molecule has 0 aromatic carbocycles. The summed E-state index contributed by atoms with van der Waals surface area (Å²) in [6.45, 7) is 0.505. The van der Waals surface area contributed by atoms with E-state index in [-0.39, 0.29) is 5.25 Å². The highest BCUT2D eigenvalue weighted by atomic mass is 32.2. The van der Waals surface area contributed by atoms with Gasteiger partial charge in [-0.15, -0.1) is 10.2 Å². The number of aryl methyl sites for hydroxylation is 1. The Morgan fingerprint density at radius 3 is 3.07 bits per heavy atom. The third kappa shape index (κ3) is 2.21. The molecule has 2 N–H and O–H groups in total. The monoisotopic (exact) mass is 224 g/mol. The summed E-state index contributed by atoms with van der Waals surface area (Å²) in [6, 6.07) is 3.77. The average molecular weight is 224 g/mol. The molecule has 0 fully saturated rings. The van der Waals surface area contributed by atoms with Gasteiger partial charge in [0.25, 0.3) is 0 Å². The van der Waals surface area contributed by atoms with Crippen molar-refractivity contribution < 1.29 is 4.42 Å². The Morgan fingerprint density at radius 1 is 1.67 bits per heavy atom. The molecule has 15 heavy (non-hydrogen) atoms.